The molecule has 2 fully saturated rings. The van der Waals surface area contributed by atoms with Crippen LogP contribution >= 0.6 is 0 Å². The van der Waals surface area contributed by atoms with Crippen LogP contribution in [-0.4, -0.2) is 44.2 Å². The van der Waals surface area contributed by atoms with Crippen LogP contribution in [0.3, 0.4) is 0 Å². The van der Waals surface area contributed by atoms with E-state index in [0.29, 0.717) is 19.8 Å². The summed E-state index contributed by atoms with van der Waals surface area (Å²) < 4.78 is 16.8. The van der Waals surface area contributed by atoms with Crippen LogP contribution in [0.1, 0.15) is 45.4 Å². The molecule has 1 N–H and O–H groups in total. The third-order valence-corrected chi connectivity index (χ3v) is 3.79. The lowest BCUT2D eigenvalue weighted by atomic mass is 10.1. The maximum Gasteiger partial charge on any atom is 0.246 e. The van der Waals surface area contributed by atoms with Crippen molar-refractivity contribution in [3.05, 3.63) is 0 Å². The first-order chi connectivity index (χ1) is 9.27. The molecule has 1 saturated heterocycles. The Labute approximate surface area is 115 Å². The van der Waals surface area contributed by atoms with E-state index in [1.807, 2.05) is 0 Å². The third-order valence-electron chi connectivity index (χ3n) is 3.79. The number of nitrogens with one attached hydrogen (secondary N) is 1. The number of hydrogen-bond acceptors (Lipinski definition) is 4. The summed E-state index contributed by atoms with van der Waals surface area (Å²) in [6, 6.07) is -0.0262. The van der Waals surface area contributed by atoms with E-state index in [1.54, 1.807) is 0 Å². The van der Waals surface area contributed by atoms with Gasteiger partial charge < -0.3 is 19.5 Å². The lowest BCUT2D eigenvalue weighted by Crippen LogP contribution is -2.50. The number of hydrogen-bond donors (Lipinski definition) is 1. The second-order valence-corrected chi connectivity index (χ2v) is 5.28. The van der Waals surface area contributed by atoms with E-state index in [2.05, 4.69) is 12.2 Å². The predicted octanol–water partition coefficient (Wildman–Crippen LogP) is 1.60. The molecule has 1 unspecified atom stereocenters. The summed E-state index contributed by atoms with van der Waals surface area (Å²) in [5.41, 5.74) is 0. The van der Waals surface area contributed by atoms with Crippen molar-refractivity contribution in [2.45, 2.75) is 57.3 Å². The van der Waals surface area contributed by atoms with E-state index >= 15 is 0 Å². The van der Waals surface area contributed by atoms with E-state index in [1.165, 1.54) is 0 Å². The first kappa shape index (κ1) is 14.8. The van der Waals surface area contributed by atoms with Crippen molar-refractivity contribution in [3.63, 3.8) is 0 Å². The largest absolute Gasteiger partial charge is 0.372 e. The monoisotopic (exact) mass is 271 g/mol. The number of rotatable bonds is 7. The molecular formula is C14H25NO4. The Morgan fingerprint density at radius 3 is 2.89 bits per heavy atom. The highest BCUT2D eigenvalue weighted by atomic mass is 16.7. The van der Waals surface area contributed by atoms with E-state index in [4.69, 9.17) is 14.2 Å². The number of carbonyl (C=O) groups is 1. The average molecular weight is 271 g/mol. The van der Waals surface area contributed by atoms with Gasteiger partial charge in [0, 0.05) is 13.0 Å². The standard InChI is InChI=1S/C14H25NO4/c1-2-3-4-8-17-11-13(16)15-12-6-5-7-14(12)18-9-10-19-14/h12H,2-11H2,1H3,(H,15,16). The molecule has 0 aromatic rings. The molecule has 5 nitrogen and oxygen atoms in total. The van der Waals surface area contributed by atoms with Gasteiger partial charge in [-0.25, -0.2) is 0 Å². The Bertz CT molecular complexity index is 284. The molecule has 5 heteroatoms. The second-order valence-electron chi connectivity index (χ2n) is 5.28. The fourth-order valence-electron chi connectivity index (χ4n) is 2.80. The van der Waals surface area contributed by atoms with Crippen molar-refractivity contribution in [2.75, 3.05) is 26.4 Å². The van der Waals surface area contributed by atoms with Crippen molar-refractivity contribution >= 4 is 5.91 Å². The molecule has 1 saturated carbocycles. The normalized spacial score (nSPS) is 25.0. The summed E-state index contributed by atoms with van der Waals surface area (Å²) in [4.78, 5) is 11.8. The van der Waals surface area contributed by atoms with Crippen LogP contribution in [-0.2, 0) is 19.0 Å². The molecule has 1 atom stereocenters. The molecule has 1 aliphatic carbocycles. The Balaban J connectivity index is 1.67. The minimum absolute atomic E-state index is 0.0262. The van der Waals surface area contributed by atoms with Crippen molar-refractivity contribution < 1.29 is 19.0 Å². The summed E-state index contributed by atoms with van der Waals surface area (Å²) in [6.07, 6.45) is 6.15. The van der Waals surface area contributed by atoms with Crippen molar-refractivity contribution in [1.82, 2.24) is 5.32 Å². The summed E-state index contributed by atoms with van der Waals surface area (Å²) >= 11 is 0. The molecule has 1 aliphatic heterocycles. The molecule has 110 valence electrons. The molecule has 2 rings (SSSR count). The predicted molar refractivity (Wildman–Crippen MR) is 70.8 cm³/mol. The van der Waals surface area contributed by atoms with Gasteiger partial charge >= 0.3 is 0 Å². The molecule has 1 spiro atoms. The molecule has 0 aromatic carbocycles. The minimum Gasteiger partial charge on any atom is -0.372 e. The van der Waals surface area contributed by atoms with Crippen molar-refractivity contribution in [1.29, 1.82) is 0 Å². The molecule has 0 radical (unpaired) electrons. The van der Waals surface area contributed by atoms with Gasteiger partial charge in [-0.1, -0.05) is 19.8 Å². The molecule has 1 heterocycles. The van der Waals surface area contributed by atoms with Gasteiger partial charge in [0.25, 0.3) is 0 Å². The van der Waals surface area contributed by atoms with E-state index in [0.717, 1.165) is 38.5 Å². The Hall–Kier alpha value is -0.650. The minimum atomic E-state index is -0.558. The van der Waals surface area contributed by atoms with E-state index in [9.17, 15) is 4.79 Å². The fourth-order valence-corrected chi connectivity index (χ4v) is 2.80. The van der Waals surface area contributed by atoms with Gasteiger partial charge in [0.2, 0.25) is 5.91 Å². The van der Waals surface area contributed by atoms with Crippen LogP contribution < -0.4 is 5.32 Å². The smallest absolute Gasteiger partial charge is 0.246 e. The first-order valence-corrected chi connectivity index (χ1v) is 7.42. The average Bonchev–Trinajstić information content (AvgIpc) is 3.01. The Morgan fingerprint density at radius 2 is 2.16 bits per heavy atom. The highest BCUT2D eigenvalue weighted by Crippen LogP contribution is 2.37. The van der Waals surface area contributed by atoms with Gasteiger partial charge in [-0.15, -0.1) is 0 Å². The third kappa shape index (κ3) is 3.91. The van der Waals surface area contributed by atoms with Crippen LogP contribution in [0.25, 0.3) is 0 Å². The van der Waals surface area contributed by atoms with Gasteiger partial charge in [0.15, 0.2) is 5.79 Å². The summed E-state index contributed by atoms with van der Waals surface area (Å²) in [5, 5.41) is 2.99. The van der Waals surface area contributed by atoms with Crippen LogP contribution in [0.2, 0.25) is 0 Å². The molecule has 0 bridgehead atoms. The summed E-state index contributed by atoms with van der Waals surface area (Å²) in [5.74, 6) is -0.625. The maximum absolute atomic E-state index is 11.8. The van der Waals surface area contributed by atoms with Gasteiger partial charge in [-0.3, -0.25) is 4.79 Å². The summed E-state index contributed by atoms with van der Waals surface area (Å²) in [7, 11) is 0. The number of unbranched alkanes of at least 4 members (excludes halogenated alkanes) is 2. The van der Waals surface area contributed by atoms with Crippen molar-refractivity contribution in [2.24, 2.45) is 0 Å². The highest BCUT2D eigenvalue weighted by molar-refractivity contribution is 5.77. The van der Waals surface area contributed by atoms with Gasteiger partial charge in [-0.05, 0) is 19.3 Å². The zero-order chi connectivity index (χ0) is 13.6. The topological polar surface area (TPSA) is 56.8 Å². The zero-order valence-electron chi connectivity index (χ0n) is 11.8. The lowest BCUT2D eigenvalue weighted by Gasteiger charge is -2.29. The van der Waals surface area contributed by atoms with Gasteiger partial charge in [0.1, 0.15) is 6.61 Å². The number of ether oxygens (including phenoxy) is 3. The number of carbonyl (C=O) groups excluding carboxylic acids is 1. The van der Waals surface area contributed by atoms with Crippen molar-refractivity contribution in [3.8, 4) is 0 Å². The van der Waals surface area contributed by atoms with Crippen LogP contribution in [0.5, 0.6) is 0 Å². The maximum atomic E-state index is 11.8. The lowest BCUT2D eigenvalue weighted by molar-refractivity contribution is -0.170. The van der Waals surface area contributed by atoms with E-state index < -0.39 is 5.79 Å². The number of amides is 1. The fraction of sp³-hybridized carbons (Fsp3) is 0.929. The Morgan fingerprint density at radius 1 is 1.37 bits per heavy atom. The second kappa shape index (κ2) is 7.22. The molecule has 2 aliphatic rings. The van der Waals surface area contributed by atoms with Gasteiger partial charge in [-0.2, -0.15) is 0 Å². The molecule has 0 aromatic heterocycles. The SMILES string of the molecule is CCCCCOCC(=O)NC1CCCC12OCCO2. The quantitative estimate of drug-likeness (QED) is 0.715. The highest BCUT2D eigenvalue weighted by Gasteiger charge is 2.48. The molecule has 1 amide bonds. The zero-order valence-corrected chi connectivity index (χ0v) is 11.8. The Kier molecular flexibility index (Phi) is 5.60. The van der Waals surface area contributed by atoms with Gasteiger partial charge in [0.05, 0.1) is 19.3 Å². The summed E-state index contributed by atoms with van der Waals surface area (Å²) in [6.45, 7) is 4.19. The molecular weight excluding hydrogens is 246 g/mol. The van der Waals surface area contributed by atoms with E-state index in [-0.39, 0.29) is 18.6 Å². The molecule has 19 heavy (non-hydrogen) atoms. The van der Waals surface area contributed by atoms with Crippen LogP contribution in [0.15, 0.2) is 0 Å². The van der Waals surface area contributed by atoms with Crippen LogP contribution in [0, 0.1) is 0 Å². The first-order valence-electron chi connectivity index (χ1n) is 7.42. The van der Waals surface area contributed by atoms with Crippen LogP contribution in [0.4, 0.5) is 0 Å².